The monoisotopic (exact) mass is 456 g/mol. The average Bonchev–Trinajstić information content (AvgIpc) is 3.12. The third-order valence-electron chi connectivity index (χ3n) is 5.83. The Labute approximate surface area is 199 Å². The number of methoxy groups -OCH3 is 2. The molecule has 34 heavy (non-hydrogen) atoms. The summed E-state index contributed by atoms with van der Waals surface area (Å²) in [6.45, 7) is 2.15. The number of anilines is 2. The highest BCUT2D eigenvalue weighted by Crippen LogP contribution is 2.37. The van der Waals surface area contributed by atoms with Crippen molar-refractivity contribution in [2.24, 2.45) is 0 Å². The Morgan fingerprint density at radius 3 is 2.18 bits per heavy atom. The van der Waals surface area contributed by atoms with Crippen LogP contribution in [0, 0.1) is 0 Å². The van der Waals surface area contributed by atoms with Gasteiger partial charge >= 0.3 is 0 Å². The molecule has 0 radical (unpaired) electrons. The van der Waals surface area contributed by atoms with Gasteiger partial charge in [0.15, 0.2) is 0 Å². The molecule has 0 saturated carbocycles. The Bertz CT molecular complexity index is 1210. The van der Waals surface area contributed by atoms with Crippen molar-refractivity contribution < 1.29 is 19.1 Å². The number of imide groups is 1. The molecular formula is C28H28N2O4. The molecule has 1 heterocycles. The number of para-hydroxylation sites is 1. The molecule has 0 aromatic heterocycles. The first kappa shape index (κ1) is 23.1. The zero-order valence-electron chi connectivity index (χ0n) is 19.6. The Morgan fingerprint density at radius 2 is 1.53 bits per heavy atom. The van der Waals surface area contributed by atoms with Crippen LogP contribution in [0.2, 0.25) is 0 Å². The van der Waals surface area contributed by atoms with Crippen molar-refractivity contribution in [3.8, 4) is 11.5 Å². The summed E-state index contributed by atoms with van der Waals surface area (Å²) >= 11 is 0. The van der Waals surface area contributed by atoms with Crippen molar-refractivity contribution in [3.63, 3.8) is 0 Å². The number of hydrogen-bond acceptors (Lipinski definition) is 5. The number of nitrogens with zero attached hydrogens (tertiary/aromatic N) is 1. The van der Waals surface area contributed by atoms with Crippen LogP contribution in [0.3, 0.4) is 0 Å². The van der Waals surface area contributed by atoms with E-state index in [0.717, 1.165) is 19.3 Å². The van der Waals surface area contributed by atoms with Crippen LogP contribution in [-0.2, 0) is 16.0 Å². The Hall–Kier alpha value is -4.06. The molecule has 174 valence electrons. The van der Waals surface area contributed by atoms with Gasteiger partial charge in [0.1, 0.15) is 17.2 Å². The first-order valence-electron chi connectivity index (χ1n) is 11.3. The maximum absolute atomic E-state index is 13.7. The van der Waals surface area contributed by atoms with Gasteiger partial charge in [0, 0.05) is 11.3 Å². The van der Waals surface area contributed by atoms with Crippen LogP contribution in [0.1, 0.15) is 30.9 Å². The highest BCUT2D eigenvalue weighted by molar-refractivity contribution is 6.46. The van der Waals surface area contributed by atoms with Gasteiger partial charge in [-0.3, -0.25) is 9.59 Å². The molecule has 6 heteroatoms. The van der Waals surface area contributed by atoms with E-state index in [1.165, 1.54) is 10.5 Å². The molecule has 3 aromatic rings. The number of carbonyl (C=O) groups is 2. The number of aryl methyl sites for hydroxylation is 1. The van der Waals surface area contributed by atoms with E-state index in [1.54, 1.807) is 50.6 Å². The van der Waals surface area contributed by atoms with Gasteiger partial charge in [0.25, 0.3) is 11.8 Å². The number of carbonyl (C=O) groups excluding carboxylic acids is 2. The van der Waals surface area contributed by atoms with E-state index in [4.69, 9.17) is 9.47 Å². The van der Waals surface area contributed by atoms with Crippen molar-refractivity contribution >= 4 is 28.8 Å². The van der Waals surface area contributed by atoms with Crippen LogP contribution >= 0.6 is 0 Å². The minimum absolute atomic E-state index is 0.203. The second kappa shape index (κ2) is 10.3. The van der Waals surface area contributed by atoms with Gasteiger partial charge in [-0.1, -0.05) is 43.7 Å². The zero-order valence-corrected chi connectivity index (χ0v) is 19.6. The van der Waals surface area contributed by atoms with Gasteiger partial charge in [-0.2, -0.15) is 0 Å². The highest BCUT2D eigenvalue weighted by Gasteiger charge is 2.41. The first-order valence-corrected chi connectivity index (χ1v) is 11.3. The van der Waals surface area contributed by atoms with Gasteiger partial charge in [0.2, 0.25) is 0 Å². The van der Waals surface area contributed by atoms with E-state index in [-0.39, 0.29) is 11.3 Å². The molecule has 1 aliphatic rings. The SMILES string of the molecule is CCCCc1ccc(N2C(=O)C(Nc3ccc(OC)cc3)=C(c3ccccc3OC)C2=O)cc1. The lowest BCUT2D eigenvalue weighted by molar-refractivity contribution is -0.120. The number of ether oxygens (including phenoxy) is 2. The fourth-order valence-electron chi connectivity index (χ4n) is 3.99. The van der Waals surface area contributed by atoms with E-state index in [9.17, 15) is 9.59 Å². The largest absolute Gasteiger partial charge is 0.497 e. The Balaban J connectivity index is 1.75. The van der Waals surface area contributed by atoms with Crippen molar-refractivity contribution in [1.82, 2.24) is 0 Å². The molecule has 0 aliphatic carbocycles. The van der Waals surface area contributed by atoms with Gasteiger partial charge in [-0.15, -0.1) is 0 Å². The van der Waals surface area contributed by atoms with Crippen molar-refractivity contribution in [3.05, 3.63) is 89.6 Å². The molecular weight excluding hydrogens is 428 g/mol. The molecule has 0 unspecified atom stereocenters. The summed E-state index contributed by atoms with van der Waals surface area (Å²) in [5.41, 5.74) is 3.42. The molecule has 3 aromatic carbocycles. The summed E-state index contributed by atoms with van der Waals surface area (Å²) in [5, 5.41) is 3.17. The summed E-state index contributed by atoms with van der Waals surface area (Å²) in [6.07, 6.45) is 3.17. The summed E-state index contributed by atoms with van der Waals surface area (Å²) < 4.78 is 10.7. The Kier molecular flexibility index (Phi) is 6.97. The fourth-order valence-corrected chi connectivity index (χ4v) is 3.99. The lowest BCUT2D eigenvalue weighted by atomic mass is 10.0. The maximum Gasteiger partial charge on any atom is 0.282 e. The zero-order chi connectivity index (χ0) is 24.1. The molecule has 4 rings (SSSR count). The fraction of sp³-hybridized carbons (Fsp3) is 0.214. The second-order valence-corrected chi connectivity index (χ2v) is 8.02. The molecule has 0 saturated heterocycles. The predicted octanol–water partition coefficient (Wildman–Crippen LogP) is 5.44. The highest BCUT2D eigenvalue weighted by atomic mass is 16.5. The van der Waals surface area contributed by atoms with Gasteiger partial charge < -0.3 is 14.8 Å². The second-order valence-electron chi connectivity index (χ2n) is 8.02. The predicted molar refractivity (Wildman–Crippen MR) is 134 cm³/mol. The molecule has 0 spiro atoms. The quantitative estimate of drug-likeness (QED) is 0.434. The van der Waals surface area contributed by atoms with Crippen LogP contribution < -0.4 is 19.7 Å². The standard InChI is InChI=1S/C28H28N2O4/c1-4-5-8-19-11-15-21(16-12-19)30-27(31)25(23-9-6-7-10-24(23)34-3)26(28(30)32)29-20-13-17-22(33-2)18-14-20/h6-7,9-18,29H,4-5,8H2,1-3H3. The molecule has 0 bridgehead atoms. The number of nitrogens with one attached hydrogen (secondary N) is 1. The first-order chi connectivity index (χ1) is 16.6. The van der Waals surface area contributed by atoms with E-state index in [2.05, 4.69) is 12.2 Å². The minimum atomic E-state index is -0.414. The third-order valence-corrected chi connectivity index (χ3v) is 5.83. The van der Waals surface area contributed by atoms with Crippen LogP contribution in [0.5, 0.6) is 11.5 Å². The van der Waals surface area contributed by atoms with Crippen molar-refractivity contribution in [1.29, 1.82) is 0 Å². The van der Waals surface area contributed by atoms with Crippen LogP contribution in [0.25, 0.3) is 5.57 Å². The van der Waals surface area contributed by atoms with E-state index in [0.29, 0.717) is 28.4 Å². The van der Waals surface area contributed by atoms with Crippen molar-refractivity contribution in [2.45, 2.75) is 26.2 Å². The topological polar surface area (TPSA) is 67.9 Å². The Morgan fingerprint density at radius 1 is 0.824 bits per heavy atom. The molecule has 1 aliphatic heterocycles. The summed E-state index contributed by atoms with van der Waals surface area (Å²) in [4.78, 5) is 28.5. The molecule has 6 nitrogen and oxygen atoms in total. The summed E-state index contributed by atoms with van der Waals surface area (Å²) in [6, 6.07) is 22.0. The molecule has 2 amide bonds. The number of hydrogen-bond donors (Lipinski definition) is 1. The number of rotatable bonds is 9. The lowest BCUT2D eigenvalue weighted by Gasteiger charge is -2.16. The summed E-state index contributed by atoms with van der Waals surface area (Å²) in [7, 11) is 3.14. The van der Waals surface area contributed by atoms with Gasteiger partial charge in [0.05, 0.1) is 25.5 Å². The molecule has 0 fully saturated rings. The van der Waals surface area contributed by atoms with E-state index < -0.39 is 11.8 Å². The lowest BCUT2D eigenvalue weighted by Crippen LogP contribution is -2.32. The average molecular weight is 457 g/mol. The van der Waals surface area contributed by atoms with Gasteiger partial charge in [-0.25, -0.2) is 4.90 Å². The molecule has 1 N–H and O–H groups in total. The molecule has 0 atom stereocenters. The number of benzene rings is 3. The van der Waals surface area contributed by atoms with Crippen LogP contribution in [0.15, 0.2) is 78.5 Å². The van der Waals surface area contributed by atoms with Crippen molar-refractivity contribution in [2.75, 3.05) is 24.4 Å². The normalized spacial score (nSPS) is 13.4. The minimum Gasteiger partial charge on any atom is -0.497 e. The van der Waals surface area contributed by atoms with E-state index >= 15 is 0 Å². The smallest absolute Gasteiger partial charge is 0.282 e. The van der Waals surface area contributed by atoms with Crippen LogP contribution in [0.4, 0.5) is 11.4 Å². The van der Waals surface area contributed by atoms with Gasteiger partial charge in [-0.05, 0) is 60.9 Å². The van der Waals surface area contributed by atoms with E-state index in [1.807, 2.05) is 36.4 Å². The third kappa shape index (κ3) is 4.53. The summed E-state index contributed by atoms with van der Waals surface area (Å²) in [5.74, 6) is 0.405. The van der Waals surface area contributed by atoms with Crippen LogP contribution in [-0.4, -0.2) is 26.0 Å². The maximum atomic E-state index is 13.7. The number of unbranched alkanes of at least 4 members (excludes halogenated alkanes) is 1. The number of amides is 2.